The second-order valence-corrected chi connectivity index (χ2v) is 8.65. The lowest BCUT2D eigenvalue weighted by molar-refractivity contribution is 0.467. The van der Waals surface area contributed by atoms with Crippen molar-refractivity contribution in [2.24, 2.45) is 0 Å². The van der Waals surface area contributed by atoms with E-state index in [1.807, 2.05) is 32.2 Å². The van der Waals surface area contributed by atoms with Crippen LogP contribution in [-0.4, -0.2) is 15.2 Å². The van der Waals surface area contributed by atoms with Crippen LogP contribution in [0.15, 0.2) is 30.5 Å². The van der Waals surface area contributed by atoms with Crippen molar-refractivity contribution in [2.75, 3.05) is 4.90 Å². The van der Waals surface area contributed by atoms with Crippen molar-refractivity contribution >= 4 is 17.3 Å². The summed E-state index contributed by atoms with van der Waals surface area (Å²) in [5.74, 6) is 2.85. The average molecular weight is 374 g/mol. The van der Waals surface area contributed by atoms with Gasteiger partial charge in [0, 0.05) is 12.3 Å². The Morgan fingerprint density at radius 3 is 2.11 bits per heavy atom. The van der Waals surface area contributed by atoms with E-state index in [1.54, 1.807) is 0 Å². The normalized spacial score (nSPS) is 13.0. The van der Waals surface area contributed by atoms with Gasteiger partial charge >= 0.3 is 0 Å². The number of hydrogen-bond acceptors (Lipinski definition) is 5. The molecule has 0 saturated heterocycles. The first-order chi connectivity index (χ1) is 13.1. The molecule has 0 radical (unpaired) electrons. The van der Waals surface area contributed by atoms with Crippen LogP contribution in [0.1, 0.15) is 48.7 Å². The van der Waals surface area contributed by atoms with Crippen molar-refractivity contribution in [2.45, 2.75) is 53.9 Å². The Balaban J connectivity index is 1.98. The van der Waals surface area contributed by atoms with Gasteiger partial charge in [0.25, 0.3) is 0 Å². The third kappa shape index (κ3) is 3.01. The Hall–Kier alpha value is -2.95. The molecule has 5 nitrogen and oxygen atoms in total. The predicted octanol–water partition coefficient (Wildman–Crippen LogP) is 5.98. The molecule has 1 aliphatic rings. The van der Waals surface area contributed by atoms with Crippen molar-refractivity contribution in [3.05, 3.63) is 58.4 Å². The zero-order valence-corrected chi connectivity index (χ0v) is 17.6. The van der Waals surface area contributed by atoms with E-state index in [4.69, 9.17) is 4.74 Å². The fourth-order valence-corrected chi connectivity index (χ4v) is 3.64. The number of fused-ring (bicyclic) bond motifs is 2. The number of pyridine rings is 1. The van der Waals surface area contributed by atoms with Gasteiger partial charge in [0.2, 0.25) is 5.82 Å². The van der Waals surface area contributed by atoms with Crippen LogP contribution in [0.2, 0.25) is 0 Å². The van der Waals surface area contributed by atoms with E-state index in [0.29, 0.717) is 11.6 Å². The van der Waals surface area contributed by atoms with Crippen molar-refractivity contribution in [1.82, 2.24) is 15.2 Å². The van der Waals surface area contributed by atoms with E-state index in [9.17, 15) is 0 Å². The SMILES string of the molecule is Cc1cnc2c(c1)Oc1cc(C)nnc1N2c1c(C)cc(C(C)(C)C)cc1C. The minimum Gasteiger partial charge on any atom is -0.449 e. The standard InChI is InChI=1S/C23H26N4O/c1-13-8-18-21(24-12-13)27(22-19(28-18)11-16(4)25-26-22)20-14(2)9-17(10-15(20)3)23(5,6)7/h8-12H,1-7H3. The largest absolute Gasteiger partial charge is 0.449 e. The quantitative estimate of drug-likeness (QED) is 0.410. The summed E-state index contributed by atoms with van der Waals surface area (Å²) in [6.45, 7) is 14.9. The third-order valence-corrected chi connectivity index (χ3v) is 5.06. The number of hydrogen-bond donors (Lipinski definition) is 0. The fraction of sp³-hybridized carbons (Fsp3) is 0.348. The van der Waals surface area contributed by atoms with Crippen LogP contribution in [0.5, 0.6) is 11.5 Å². The summed E-state index contributed by atoms with van der Waals surface area (Å²) in [6.07, 6.45) is 1.86. The van der Waals surface area contributed by atoms with Crippen LogP contribution in [0, 0.1) is 27.7 Å². The second kappa shape index (κ2) is 6.30. The van der Waals surface area contributed by atoms with Gasteiger partial charge in [-0.3, -0.25) is 4.90 Å². The van der Waals surface area contributed by atoms with Gasteiger partial charge in [0.15, 0.2) is 17.3 Å². The number of aryl methyl sites for hydroxylation is 4. The van der Waals surface area contributed by atoms with E-state index in [2.05, 4.69) is 66.8 Å². The highest BCUT2D eigenvalue weighted by Gasteiger charge is 2.31. The number of rotatable bonds is 1. The zero-order chi connectivity index (χ0) is 20.2. The zero-order valence-electron chi connectivity index (χ0n) is 17.6. The van der Waals surface area contributed by atoms with Crippen LogP contribution in [0.4, 0.5) is 17.3 Å². The molecule has 5 heteroatoms. The first-order valence-electron chi connectivity index (χ1n) is 9.56. The predicted molar refractivity (Wildman–Crippen MR) is 112 cm³/mol. The molecule has 0 N–H and O–H groups in total. The molecule has 0 aliphatic carbocycles. The van der Waals surface area contributed by atoms with E-state index < -0.39 is 0 Å². The highest BCUT2D eigenvalue weighted by molar-refractivity contribution is 5.84. The fourth-order valence-electron chi connectivity index (χ4n) is 3.64. The summed E-state index contributed by atoms with van der Waals surface area (Å²) >= 11 is 0. The molecule has 28 heavy (non-hydrogen) atoms. The van der Waals surface area contributed by atoms with Gasteiger partial charge in [0.05, 0.1) is 11.4 Å². The molecule has 0 fully saturated rings. The lowest BCUT2D eigenvalue weighted by atomic mass is 9.84. The van der Waals surface area contributed by atoms with E-state index in [-0.39, 0.29) is 5.41 Å². The Morgan fingerprint density at radius 1 is 0.821 bits per heavy atom. The Morgan fingerprint density at radius 2 is 1.46 bits per heavy atom. The summed E-state index contributed by atoms with van der Waals surface area (Å²) in [5.41, 5.74) is 6.69. The van der Waals surface area contributed by atoms with Crippen molar-refractivity contribution in [1.29, 1.82) is 0 Å². The minimum atomic E-state index is 0.0845. The van der Waals surface area contributed by atoms with Crippen molar-refractivity contribution in [3.8, 4) is 11.5 Å². The maximum atomic E-state index is 6.14. The summed E-state index contributed by atoms with van der Waals surface area (Å²) < 4.78 is 6.14. The molecule has 1 aromatic carbocycles. The van der Waals surface area contributed by atoms with Crippen LogP contribution in [-0.2, 0) is 5.41 Å². The molecule has 4 rings (SSSR count). The molecule has 3 heterocycles. The average Bonchev–Trinajstić information content (AvgIpc) is 2.59. The van der Waals surface area contributed by atoms with Gasteiger partial charge in [-0.05, 0) is 61.4 Å². The molecular formula is C23H26N4O. The van der Waals surface area contributed by atoms with Gasteiger partial charge in [0.1, 0.15) is 0 Å². The molecule has 0 unspecified atom stereocenters. The van der Waals surface area contributed by atoms with Gasteiger partial charge in [-0.15, -0.1) is 5.10 Å². The van der Waals surface area contributed by atoms with E-state index in [1.165, 1.54) is 16.7 Å². The number of nitrogens with zero attached hydrogens (tertiary/aromatic N) is 4. The molecule has 144 valence electrons. The maximum absolute atomic E-state index is 6.14. The van der Waals surface area contributed by atoms with Crippen LogP contribution >= 0.6 is 0 Å². The van der Waals surface area contributed by atoms with Gasteiger partial charge in [-0.1, -0.05) is 32.9 Å². The van der Waals surface area contributed by atoms with Crippen LogP contribution in [0.25, 0.3) is 0 Å². The highest BCUT2D eigenvalue weighted by Crippen LogP contribution is 2.50. The summed E-state index contributed by atoms with van der Waals surface area (Å²) in [4.78, 5) is 6.76. The van der Waals surface area contributed by atoms with E-state index >= 15 is 0 Å². The topological polar surface area (TPSA) is 51.1 Å². The Bertz CT molecular complexity index is 1010. The monoisotopic (exact) mass is 374 g/mol. The molecule has 3 aromatic rings. The molecule has 2 aromatic heterocycles. The lowest BCUT2D eigenvalue weighted by Gasteiger charge is -2.33. The first kappa shape index (κ1) is 18.4. The summed E-state index contributed by atoms with van der Waals surface area (Å²) in [6, 6.07) is 8.46. The molecule has 0 atom stereocenters. The summed E-state index contributed by atoms with van der Waals surface area (Å²) in [7, 11) is 0. The molecule has 0 amide bonds. The van der Waals surface area contributed by atoms with Crippen molar-refractivity contribution in [3.63, 3.8) is 0 Å². The van der Waals surface area contributed by atoms with E-state index in [0.717, 1.165) is 28.5 Å². The van der Waals surface area contributed by atoms with Gasteiger partial charge in [-0.25, -0.2) is 4.98 Å². The highest BCUT2D eigenvalue weighted by atomic mass is 16.5. The molecule has 1 aliphatic heterocycles. The number of ether oxygens (including phenoxy) is 1. The second-order valence-electron chi connectivity index (χ2n) is 8.65. The van der Waals surface area contributed by atoms with Crippen LogP contribution < -0.4 is 9.64 Å². The molecule has 0 saturated carbocycles. The number of benzene rings is 1. The first-order valence-corrected chi connectivity index (χ1v) is 9.56. The van der Waals surface area contributed by atoms with Crippen molar-refractivity contribution < 1.29 is 4.74 Å². The third-order valence-electron chi connectivity index (χ3n) is 5.06. The molecule has 0 bridgehead atoms. The molecule has 0 spiro atoms. The number of anilines is 3. The lowest BCUT2D eigenvalue weighted by Crippen LogP contribution is -2.22. The Labute approximate surface area is 166 Å². The number of aromatic nitrogens is 3. The van der Waals surface area contributed by atoms with Crippen LogP contribution in [0.3, 0.4) is 0 Å². The minimum absolute atomic E-state index is 0.0845. The molecular weight excluding hydrogens is 348 g/mol. The smallest absolute Gasteiger partial charge is 0.204 e. The summed E-state index contributed by atoms with van der Waals surface area (Å²) in [5, 5.41) is 8.74. The van der Waals surface area contributed by atoms with Gasteiger partial charge < -0.3 is 4.74 Å². The maximum Gasteiger partial charge on any atom is 0.204 e. The Kier molecular flexibility index (Phi) is 4.14. The van der Waals surface area contributed by atoms with Gasteiger partial charge in [-0.2, -0.15) is 5.10 Å².